The molecule has 3 N–H and O–H groups in total. The molecule has 3 atom stereocenters. The predicted molar refractivity (Wildman–Crippen MR) is 98.1 cm³/mol. The largest absolute Gasteiger partial charge is 0.368 e. The van der Waals surface area contributed by atoms with E-state index < -0.39 is 11.9 Å². The van der Waals surface area contributed by atoms with E-state index in [9.17, 15) is 14.0 Å². The Morgan fingerprint density at radius 2 is 1.77 bits per heavy atom. The quantitative estimate of drug-likeness (QED) is 0.815. The fourth-order valence-electron chi connectivity index (χ4n) is 3.28. The van der Waals surface area contributed by atoms with E-state index in [1.165, 1.54) is 12.1 Å². The summed E-state index contributed by atoms with van der Waals surface area (Å²) in [5.41, 5.74) is 7.26. The lowest BCUT2D eigenvalue weighted by molar-refractivity contribution is -0.132. The van der Waals surface area contributed by atoms with Crippen molar-refractivity contribution >= 4 is 23.4 Å². The first-order valence-corrected chi connectivity index (χ1v) is 8.91. The molecule has 1 fully saturated rings. The van der Waals surface area contributed by atoms with Crippen LogP contribution in [0.5, 0.6) is 0 Å². The van der Waals surface area contributed by atoms with Crippen molar-refractivity contribution < 1.29 is 14.0 Å². The van der Waals surface area contributed by atoms with E-state index >= 15 is 0 Å². The van der Waals surface area contributed by atoms with Crippen LogP contribution in [-0.4, -0.2) is 17.9 Å². The Bertz CT molecular complexity index is 792. The zero-order valence-corrected chi connectivity index (χ0v) is 14.9. The first-order valence-electron chi connectivity index (χ1n) is 8.53. The zero-order chi connectivity index (χ0) is 18.7. The van der Waals surface area contributed by atoms with Gasteiger partial charge >= 0.3 is 0 Å². The topological polar surface area (TPSA) is 72.2 Å². The number of halogens is 2. The molecule has 1 saturated carbocycles. The van der Waals surface area contributed by atoms with Gasteiger partial charge in [-0.25, -0.2) is 4.39 Å². The van der Waals surface area contributed by atoms with Gasteiger partial charge in [0, 0.05) is 17.4 Å². The molecule has 26 heavy (non-hydrogen) atoms. The summed E-state index contributed by atoms with van der Waals surface area (Å²) in [4.78, 5) is 24.4. The number of primary amides is 1. The molecule has 3 unspecified atom stereocenters. The van der Waals surface area contributed by atoms with E-state index in [-0.39, 0.29) is 23.6 Å². The Hall–Kier alpha value is -2.40. The second-order valence-electron chi connectivity index (χ2n) is 6.64. The van der Waals surface area contributed by atoms with Crippen LogP contribution in [0.25, 0.3) is 0 Å². The van der Waals surface area contributed by atoms with Crippen LogP contribution in [0, 0.1) is 11.7 Å². The van der Waals surface area contributed by atoms with Crippen LogP contribution in [0.15, 0.2) is 48.5 Å². The van der Waals surface area contributed by atoms with Crippen molar-refractivity contribution in [2.75, 3.05) is 0 Å². The highest BCUT2D eigenvalue weighted by molar-refractivity contribution is 6.30. The van der Waals surface area contributed by atoms with Gasteiger partial charge in [0.2, 0.25) is 11.8 Å². The van der Waals surface area contributed by atoms with E-state index in [4.69, 9.17) is 17.3 Å². The van der Waals surface area contributed by atoms with Crippen molar-refractivity contribution in [1.29, 1.82) is 0 Å². The van der Waals surface area contributed by atoms with Crippen LogP contribution in [0.3, 0.4) is 0 Å². The first kappa shape index (κ1) is 18.4. The number of hydrogen-bond acceptors (Lipinski definition) is 2. The molecule has 1 aliphatic carbocycles. The molecule has 2 aromatic rings. The van der Waals surface area contributed by atoms with Gasteiger partial charge in [-0.05, 0) is 54.2 Å². The molecule has 136 valence electrons. The Balaban J connectivity index is 1.65. The maximum absolute atomic E-state index is 13.1. The minimum atomic E-state index is -0.779. The molecule has 0 aliphatic heterocycles. The van der Waals surface area contributed by atoms with Crippen LogP contribution >= 0.6 is 11.6 Å². The Morgan fingerprint density at radius 3 is 2.31 bits per heavy atom. The summed E-state index contributed by atoms with van der Waals surface area (Å²) in [7, 11) is 0. The van der Waals surface area contributed by atoms with Gasteiger partial charge in [0.1, 0.15) is 11.9 Å². The maximum Gasteiger partial charge on any atom is 0.240 e. The summed E-state index contributed by atoms with van der Waals surface area (Å²) < 4.78 is 13.1. The smallest absolute Gasteiger partial charge is 0.240 e. The Labute approximate surface area is 156 Å². The fraction of sp³-hybridized carbons (Fsp3) is 0.300. The van der Waals surface area contributed by atoms with Crippen molar-refractivity contribution in [3.05, 3.63) is 70.5 Å². The molecule has 0 radical (unpaired) electrons. The van der Waals surface area contributed by atoms with Gasteiger partial charge in [-0.3, -0.25) is 9.59 Å². The average Bonchev–Trinajstić information content (AvgIpc) is 2.57. The number of hydrogen-bond donors (Lipinski definition) is 2. The number of rotatable bonds is 6. The summed E-state index contributed by atoms with van der Waals surface area (Å²) in [5.74, 6) is -1.26. The molecule has 2 aromatic carbocycles. The average molecular weight is 375 g/mol. The third-order valence-electron chi connectivity index (χ3n) is 4.92. The molecule has 0 bridgehead atoms. The lowest BCUT2D eigenvalue weighted by Crippen LogP contribution is -2.50. The van der Waals surface area contributed by atoms with Crippen molar-refractivity contribution in [3.8, 4) is 0 Å². The molecule has 2 amide bonds. The van der Waals surface area contributed by atoms with E-state index in [0.717, 1.165) is 24.0 Å². The monoisotopic (exact) mass is 374 g/mol. The predicted octanol–water partition coefficient (Wildman–Crippen LogP) is 3.19. The third-order valence-corrected chi connectivity index (χ3v) is 5.17. The second kappa shape index (κ2) is 7.87. The molecular weight excluding hydrogens is 355 g/mol. The minimum Gasteiger partial charge on any atom is -0.368 e. The molecule has 0 aromatic heterocycles. The SMILES string of the molecule is NC(=O)C(Cc1ccc(Cl)cc1)NC(=O)C1CCC1c1ccc(F)cc1. The van der Waals surface area contributed by atoms with Crippen LogP contribution in [-0.2, 0) is 16.0 Å². The zero-order valence-electron chi connectivity index (χ0n) is 14.1. The van der Waals surface area contributed by atoms with Gasteiger partial charge < -0.3 is 11.1 Å². The molecule has 0 spiro atoms. The number of carbonyl (C=O) groups excluding carboxylic acids is 2. The van der Waals surface area contributed by atoms with Gasteiger partial charge in [-0.2, -0.15) is 0 Å². The molecule has 0 saturated heterocycles. The lowest BCUT2D eigenvalue weighted by Gasteiger charge is -2.36. The van der Waals surface area contributed by atoms with Gasteiger partial charge in [-0.15, -0.1) is 0 Å². The van der Waals surface area contributed by atoms with Gasteiger partial charge in [0.05, 0.1) is 0 Å². The second-order valence-corrected chi connectivity index (χ2v) is 7.07. The normalized spacial score (nSPS) is 20.1. The molecule has 3 rings (SSSR count). The first-order chi connectivity index (χ1) is 12.4. The summed E-state index contributed by atoms with van der Waals surface area (Å²) in [6, 6.07) is 12.5. The van der Waals surface area contributed by atoms with E-state index in [0.29, 0.717) is 11.4 Å². The highest BCUT2D eigenvalue weighted by atomic mass is 35.5. The van der Waals surface area contributed by atoms with Gasteiger partial charge in [0.15, 0.2) is 0 Å². The summed E-state index contributed by atoms with van der Waals surface area (Å²) in [6.45, 7) is 0. The summed E-state index contributed by atoms with van der Waals surface area (Å²) in [5, 5.41) is 3.37. The van der Waals surface area contributed by atoms with E-state index in [1.54, 1.807) is 36.4 Å². The van der Waals surface area contributed by atoms with Crippen molar-refractivity contribution in [3.63, 3.8) is 0 Å². The standard InChI is InChI=1S/C20H20ClFN2O2/c21-14-5-1-12(2-6-14)11-18(19(23)25)24-20(26)17-10-9-16(17)13-3-7-15(22)8-4-13/h1-8,16-18H,9-11H2,(H2,23,25)(H,24,26). The Kier molecular flexibility index (Phi) is 5.57. The number of amides is 2. The molecule has 0 heterocycles. The highest BCUT2D eigenvalue weighted by Crippen LogP contribution is 2.42. The highest BCUT2D eigenvalue weighted by Gasteiger charge is 2.38. The molecule has 6 heteroatoms. The van der Waals surface area contributed by atoms with E-state index in [2.05, 4.69) is 5.32 Å². The fourth-order valence-corrected chi connectivity index (χ4v) is 3.41. The van der Waals surface area contributed by atoms with Crippen LogP contribution in [0.4, 0.5) is 4.39 Å². The van der Waals surface area contributed by atoms with Crippen LogP contribution in [0.1, 0.15) is 29.9 Å². The summed E-state index contributed by atoms with van der Waals surface area (Å²) in [6.07, 6.45) is 1.91. The third kappa shape index (κ3) is 4.22. The molecule has 4 nitrogen and oxygen atoms in total. The number of nitrogens with two attached hydrogens (primary N) is 1. The van der Waals surface area contributed by atoms with Crippen molar-refractivity contribution in [2.24, 2.45) is 11.7 Å². The lowest BCUT2D eigenvalue weighted by atomic mass is 9.69. The number of carbonyl (C=O) groups is 2. The number of benzene rings is 2. The van der Waals surface area contributed by atoms with Gasteiger partial charge in [-0.1, -0.05) is 35.9 Å². The molecule has 1 aliphatic rings. The maximum atomic E-state index is 13.1. The molecular formula is C20H20ClFN2O2. The van der Waals surface area contributed by atoms with Crippen molar-refractivity contribution in [2.45, 2.75) is 31.2 Å². The van der Waals surface area contributed by atoms with Crippen molar-refractivity contribution in [1.82, 2.24) is 5.32 Å². The van der Waals surface area contributed by atoms with Crippen LogP contribution < -0.4 is 11.1 Å². The van der Waals surface area contributed by atoms with E-state index in [1.807, 2.05) is 0 Å². The van der Waals surface area contributed by atoms with Gasteiger partial charge in [0.25, 0.3) is 0 Å². The Morgan fingerprint density at radius 1 is 1.12 bits per heavy atom. The minimum absolute atomic E-state index is 0.0414. The summed E-state index contributed by atoms with van der Waals surface area (Å²) >= 11 is 5.86. The van der Waals surface area contributed by atoms with Crippen LogP contribution in [0.2, 0.25) is 5.02 Å². The number of nitrogens with one attached hydrogen (secondary N) is 1.